The Hall–Kier alpha value is -3.47. The third-order valence-corrected chi connectivity index (χ3v) is 7.40. The van der Waals surface area contributed by atoms with Gasteiger partial charge < -0.3 is 10.1 Å². The molecule has 1 aromatic carbocycles. The number of aryl methyl sites for hydroxylation is 1. The molecule has 3 heterocycles. The normalized spacial score (nSPS) is 15.5. The largest absolute Gasteiger partial charge is 0.493 e. The third kappa shape index (κ3) is 8.28. The second-order valence-corrected chi connectivity index (χ2v) is 12.0. The summed E-state index contributed by atoms with van der Waals surface area (Å²) >= 11 is 1.58. The number of hydrogen-bond donors (Lipinski definition) is 1. The fourth-order valence-corrected chi connectivity index (χ4v) is 4.99. The lowest BCUT2D eigenvalue weighted by molar-refractivity contribution is -0.218. The Morgan fingerprint density at radius 1 is 1.17 bits per heavy atom. The zero-order valence-electron chi connectivity index (χ0n) is 24.6. The van der Waals surface area contributed by atoms with E-state index in [-0.39, 0.29) is 23.1 Å². The van der Waals surface area contributed by atoms with E-state index < -0.39 is 0 Å². The zero-order chi connectivity index (χ0) is 29.6. The molecule has 218 valence electrons. The SMILES string of the molecule is CSc1ccc(C(=O)Nc2cccnc2C(=O)N(C)c2ccc(C)cn2)c(OCCC2CCN(OC(C)(C)C)C2)c1. The molecule has 1 saturated heterocycles. The molecule has 0 aliphatic carbocycles. The molecule has 1 atom stereocenters. The maximum atomic E-state index is 13.5. The Labute approximate surface area is 246 Å². The van der Waals surface area contributed by atoms with Crippen LogP contribution in [0.1, 0.15) is 60.0 Å². The van der Waals surface area contributed by atoms with Gasteiger partial charge in [0.2, 0.25) is 0 Å². The van der Waals surface area contributed by atoms with Crippen molar-refractivity contribution in [3.8, 4) is 5.75 Å². The van der Waals surface area contributed by atoms with Gasteiger partial charge in [-0.15, -0.1) is 11.8 Å². The monoisotopic (exact) mass is 577 g/mol. The number of ether oxygens (including phenoxy) is 1. The number of hydroxylamine groups is 2. The fraction of sp³-hybridized carbons (Fsp3) is 0.419. The van der Waals surface area contributed by atoms with Crippen LogP contribution in [0.4, 0.5) is 11.5 Å². The molecule has 0 spiro atoms. The van der Waals surface area contributed by atoms with Crippen molar-refractivity contribution < 1.29 is 19.2 Å². The number of nitrogens with zero attached hydrogens (tertiary/aromatic N) is 4. The second kappa shape index (κ2) is 13.5. The van der Waals surface area contributed by atoms with Gasteiger partial charge in [-0.05, 0) is 94.7 Å². The van der Waals surface area contributed by atoms with Gasteiger partial charge in [-0.25, -0.2) is 9.97 Å². The van der Waals surface area contributed by atoms with E-state index in [1.807, 2.05) is 36.4 Å². The number of carbonyl (C=O) groups excluding carboxylic acids is 2. The lowest BCUT2D eigenvalue weighted by Crippen LogP contribution is -2.32. The number of carbonyl (C=O) groups is 2. The highest BCUT2D eigenvalue weighted by molar-refractivity contribution is 7.98. The van der Waals surface area contributed by atoms with Crippen LogP contribution < -0.4 is 15.0 Å². The first-order chi connectivity index (χ1) is 19.5. The second-order valence-electron chi connectivity index (χ2n) is 11.2. The molecular formula is C31H39N5O4S. The van der Waals surface area contributed by atoms with E-state index in [2.05, 4.69) is 36.1 Å². The standard InChI is InChI=1S/C31H39N5O4S/c1-21-9-12-27(33-19-21)35(5)30(38)28-25(8-7-15-32-28)34-29(37)24-11-10-23(41-6)18-26(24)39-17-14-22-13-16-36(20-22)40-31(2,3)4/h7-12,15,18-19,22H,13-14,16-17,20H2,1-6H3,(H,34,37). The average molecular weight is 578 g/mol. The smallest absolute Gasteiger partial charge is 0.279 e. The van der Waals surface area contributed by atoms with Crippen LogP contribution >= 0.6 is 11.8 Å². The van der Waals surface area contributed by atoms with Crippen LogP contribution in [-0.2, 0) is 4.84 Å². The van der Waals surface area contributed by atoms with Gasteiger partial charge in [0.25, 0.3) is 11.8 Å². The predicted molar refractivity (Wildman–Crippen MR) is 163 cm³/mol. The van der Waals surface area contributed by atoms with Gasteiger partial charge in [0.1, 0.15) is 11.6 Å². The lowest BCUT2D eigenvalue weighted by atomic mass is 10.1. The number of benzene rings is 1. The first kappa shape index (κ1) is 30.5. The summed E-state index contributed by atoms with van der Waals surface area (Å²) in [5, 5.41) is 4.92. The van der Waals surface area contributed by atoms with Crippen LogP contribution in [-0.4, -0.2) is 65.4 Å². The van der Waals surface area contributed by atoms with Crippen molar-refractivity contribution in [3.05, 3.63) is 71.7 Å². The molecule has 1 N–H and O–H groups in total. The van der Waals surface area contributed by atoms with E-state index >= 15 is 0 Å². The predicted octanol–water partition coefficient (Wildman–Crippen LogP) is 5.86. The van der Waals surface area contributed by atoms with Gasteiger partial charge in [-0.1, -0.05) is 6.07 Å². The Bertz CT molecular complexity index is 1360. The highest BCUT2D eigenvalue weighted by Crippen LogP contribution is 2.29. The quantitative estimate of drug-likeness (QED) is 0.300. The van der Waals surface area contributed by atoms with Crippen molar-refractivity contribution in [2.24, 2.45) is 5.92 Å². The van der Waals surface area contributed by atoms with Crippen molar-refractivity contribution in [3.63, 3.8) is 0 Å². The molecule has 0 radical (unpaired) electrons. The van der Waals surface area contributed by atoms with Crippen LogP contribution in [0, 0.1) is 12.8 Å². The number of pyridine rings is 2. The molecule has 10 heteroatoms. The van der Waals surface area contributed by atoms with E-state index in [1.54, 1.807) is 49.3 Å². The first-order valence-electron chi connectivity index (χ1n) is 13.8. The summed E-state index contributed by atoms with van der Waals surface area (Å²) < 4.78 is 6.19. The van der Waals surface area contributed by atoms with Gasteiger partial charge in [-0.3, -0.25) is 19.3 Å². The Morgan fingerprint density at radius 3 is 2.68 bits per heavy atom. The minimum Gasteiger partial charge on any atom is -0.493 e. The highest BCUT2D eigenvalue weighted by Gasteiger charge is 2.27. The number of amides is 2. The summed E-state index contributed by atoms with van der Waals surface area (Å²) in [7, 11) is 1.63. The molecule has 1 aliphatic heterocycles. The van der Waals surface area contributed by atoms with Gasteiger partial charge >= 0.3 is 0 Å². The number of nitrogens with one attached hydrogen (secondary N) is 1. The Balaban J connectivity index is 1.45. The van der Waals surface area contributed by atoms with Gasteiger partial charge in [0.05, 0.1) is 23.5 Å². The maximum absolute atomic E-state index is 13.5. The van der Waals surface area contributed by atoms with Crippen LogP contribution in [0.3, 0.4) is 0 Å². The minimum absolute atomic E-state index is 0.122. The van der Waals surface area contributed by atoms with Crippen LogP contribution in [0.5, 0.6) is 5.75 Å². The van der Waals surface area contributed by atoms with Crippen molar-refractivity contribution in [1.29, 1.82) is 0 Å². The van der Waals surface area contributed by atoms with Gasteiger partial charge in [0, 0.05) is 37.4 Å². The van der Waals surface area contributed by atoms with Gasteiger partial charge in [-0.2, -0.15) is 5.06 Å². The van der Waals surface area contributed by atoms with Crippen molar-refractivity contribution >= 4 is 35.1 Å². The molecule has 1 fully saturated rings. The summed E-state index contributed by atoms with van der Waals surface area (Å²) in [6.07, 6.45) is 7.10. The molecule has 41 heavy (non-hydrogen) atoms. The summed E-state index contributed by atoms with van der Waals surface area (Å²) in [6.45, 7) is 10.3. The zero-order valence-corrected chi connectivity index (χ0v) is 25.5. The van der Waals surface area contributed by atoms with Crippen molar-refractivity contribution in [1.82, 2.24) is 15.0 Å². The Morgan fingerprint density at radius 2 is 1.98 bits per heavy atom. The number of thioether (sulfide) groups is 1. The van der Waals surface area contributed by atoms with Crippen molar-refractivity contribution in [2.45, 2.75) is 51.0 Å². The third-order valence-electron chi connectivity index (χ3n) is 6.67. The molecule has 0 bridgehead atoms. The van der Waals surface area contributed by atoms with Crippen LogP contribution in [0.15, 0.2) is 59.8 Å². The number of hydrogen-bond acceptors (Lipinski definition) is 8. The summed E-state index contributed by atoms with van der Waals surface area (Å²) in [4.78, 5) is 43.8. The van der Waals surface area contributed by atoms with Crippen LogP contribution in [0.2, 0.25) is 0 Å². The molecule has 2 aromatic heterocycles. The van der Waals surface area contributed by atoms with Crippen molar-refractivity contribution in [2.75, 3.05) is 43.2 Å². The summed E-state index contributed by atoms with van der Waals surface area (Å²) in [5.74, 6) is 0.696. The number of rotatable bonds is 10. The first-order valence-corrected chi connectivity index (χ1v) is 15.0. The highest BCUT2D eigenvalue weighted by atomic mass is 32.2. The van der Waals surface area contributed by atoms with E-state index in [4.69, 9.17) is 9.57 Å². The van der Waals surface area contributed by atoms with E-state index in [0.29, 0.717) is 35.3 Å². The topological polar surface area (TPSA) is 96.9 Å². The number of aromatic nitrogens is 2. The molecule has 1 aliphatic rings. The molecule has 4 rings (SSSR count). The fourth-order valence-electron chi connectivity index (χ4n) is 4.56. The molecule has 1 unspecified atom stereocenters. The molecular weight excluding hydrogens is 538 g/mol. The molecule has 3 aromatic rings. The maximum Gasteiger partial charge on any atom is 0.279 e. The molecule has 9 nitrogen and oxygen atoms in total. The van der Waals surface area contributed by atoms with E-state index in [0.717, 1.165) is 36.4 Å². The summed E-state index contributed by atoms with van der Waals surface area (Å²) in [6, 6.07) is 12.5. The molecule has 0 saturated carbocycles. The average Bonchev–Trinajstić information content (AvgIpc) is 3.38. The Kier molecular flexibility index (Phi) is 10.0. The summed E-state index contributed by atoms with van der Waals surface area (Å²) in [5.41, 5.74) is 1.61. The minimum atomic E-state index is -0.382. The number of anilines is 2. The molecule has 2 amide bonds. The van der Waals surface area contributed by atoms with Gasteiger partial charge in [0.15, 0.2) is 5.69 Å². The van der Waals surface area contributed by atoms with E-state index in [1.165, 1.54) is 11.1 Å². The lowest BCUT2D eigenvalue weighted by Gasteiger charge is -2.26. The van der Waals surface area contributed by atoms with Crippen LogP contribution in [0.25, 0.3) is 0 Å². The van der Waals surface area contributed by atoms with E-state index in [9.17, 15) is 9.59 Å².